The fourth-order valence-corrected chi connectivity index (χ4v) is 4.19. The van der Waals surface area contributed by atoms with E-state index in [-0.39, 0.29) is 37.7 Å². The Morgan fingerprint density at radius 1 is 1.05 bits per heavy atom. The van der Waals surface area contributed by atoms with Gasteiger partial charge in [-0.3, -0.25) is 29.0 Å². The molecule has 0 bridgehead atoms. The minimum absolute atomic E-state index is 0.0218. The molecule has 2 rings (SSSR count). The normalized spacial score (nSPS) is 24.8. The number of benzene rings is 1. The van der Waals surface area contributed by atoms with Crippen LogP contribution in [0, 0.1) is 5.92 Å². The van der Waals surface area contributed by atoms with Crippen molar-refractivity contribution in [3.63, 3.8) is 0 Å². The van der Waals surface area contributed by atoms with Crippen molar-refractivity contribution in [1.82, 2.24) is 31.9 Å². The van der Waals surface area contributed by atoms with Crippen LogP contribution in [0.2, 0.25) is 0 Å². The van der Waals surface area contributed by atoms with Crippen LogP contribution in [0.5, 0.6) is 0 Å². The smallest absolute Gasteiger partial charge is 0.247 e. The summed E-state index contributed by atoms with van der Waals surface area (Å²) in [6.45, 7) is 7.11. The highest BCUT2D eigenvalue weighted by Gasteiger charge is 2.38. The first-order chi connectivity index (χ1) is 19.4. The zero-order chi connectivity index (χ0) is 30.6. The highest BCUT2D eigenvalue weighted by molar-refractivity contribution is 5.97. The Bertz CT molecular complexity index is 1110. The average molecular weight is 573 g/mol. The van der Waals surface area contributed by atoms with E-state index in [9.17, 15) is 24.0 Å². The zero-order valence-electron chi connectivity index (χ0n) is 24.5. The van der Waals surface area contributed by atoms with E-state index >= 15 is 0 Å². The molecule has 1 fully saturated rings. The molecule has 1 aliphatic heterocycles. The number of carbonyl (C=O) groups excluding carboxylic acids is 5. The van der Waals surface area contributed by atoms with Gasteiger partial charge in [0.25, 0.3) is 0 Å². The summed E-state index contributed by atoms with van der Waals surface area (Å²) < 4.78 is 0. The average Bonchev–Trinajstić information content (AvgIpc) is 2.95. The minimum Gasteiger partial charge on any atom is -0.370 e. The van der Waals surface area contributed by atoms with Crippen LogP contribution in [0.15, 0.2) is 35.3 Å². The Labute approximate surface area is 241 Å². The molecule has 5 amide bonds. The molecule has 41 heavy (non-hydrogen) atoms. The maximum absolute atomic E-state index is 13.6. The lowest BCUT2D eigenvalue weighted by molar-refractivity contribution is -0.138. The zero-order valence-corrected chi connectivity index (χ0v) is 24.5. The van der Waals surface area contributed by atoms with E-state index in [1.165, 1.54) is 0 Å². The first-order valence-electron chi connectivity index (χ1n) is 13.9. The molecule has 13 heteroatoms. The van der Waals surface area contributed by atoms with Crippen LogP contribution >= 0.6 is 0 Å². The molecule has 1 heterocycles. The van der Waals surface area contributed by atoms with Crippen molar-refractivity contribution >= 4 is 35.5 Å². The van der Waals surface area contributed by atoms with Gasteiger partial charge in [0, 0.05) is 26.1 Å². The lowest BCUT2D eigenvalue weighted by atomic mass is 9.94. The molecule has 1 aliphatic rings. The first-order valence-corrected chi connectivity index (χ1v) is 13.9. The number of hydrogen-bond donors (Lipinski definition) is 7. The second kappa shape index (κ2) is 15.6. The number of nitrogens with two attached hydrogens (primary N) is 1. The summed E-state index contributed by atoms with van der Waals surface area (Å²) in [7, 11) is 1.54. The fourth-order valence-electron chi connectivity index (χ4n) is 4.19. The van der Waals surface area contributed by atoms with Crippen LogP contribution in [0.25, 0.3) is 0 Å². The summed E-state index contributed by atoms with van der Waals surface area (Å²) in [5, 5.41) is 16.7. The SMILES string of the molecule is CCC1NC(=O)[C@H](CCCNC(N)=NC)NC(=O)[C@](C)(NC(=O)C(C)C)CCNC(=O)C(c2ccccc2)NC1=O. The number of nitrogens with one attached hydrogen (secondary N) is 6. The summed E-state index contributed by atoms with van der Waals surface area (Å²) in [5.74, 6) is -2.68. The van der Waals surface area contributed by atoms with Crippen molar-refractivity contribution < 1.29 is 24.0 Å². The van der Waals surface area contributed by atoms with Crippen LogP contribution in [0.3, 0.4) is 0 Å². The second-order valence-corrected chi connectivity index (χ2v) is 10.5. The third-order valence-corrected chi connectivity index (χ3v) is 6.91. The van der Waals surface area contributed by atoms with Crippen LogP contribution in [-0.2, 0) is 24.0 Å². The quantitative estimate of drug-likeness (QED) is 0.125. The van der Waals surface area contributed by atoms with Crippen LogP contribution in [-0.4, -0.2) is 73.3 Å². The van der Waals surface area contributed by atoms with Gasteiger partial charge in [-0.15, -0.1) is 0 Å². The lowest BCUT2D eigenvalue weighted by Crippen LogP contribution is -2.63. The van der Waals surface area contributed by atoms with Crippen molar-refractivity contribution in [1.29, 1.82) is 0 Å². The van der Waals surface area contributed by atoms with Crippen molar-refractivity contribution in [2.45, 2.75) is 77.0 Å². The van der Waals surface area contributed by atoms with Crippen molar-refractivity contribution in [3.05, 3.63) is 35.9 Å². The third-order valence-electron chi connectivity index (χ3n) is 6.91. The highest BCUT2D eigenvalue weighted by atomic mass is 16.2. The molecular weight excluding hydrogens is 528 g/mol. The topological polar surface area (TPSA) is 196 Å². The van der Waals surface area contributed by atoms with E-state index in [2.05, 4.69) is 36.9 Å². The predicted molar refractivity (Wildman–Crippen MR) is 155 cm³/mol. The molecule has 1 aromatic carbocycles. The Morgan fingerprint density at radius 3 is 2.32 bits per heavy atom. The van der Waals surface area contributed by atoms with Gasteiger partial charge < -0.3 is 37.6 Å². The Hall–Kier alpha value is -4.16. The van der Waals surface area contributed by atoms with E-state index in [0.717, 1.165) is 0 Å². The van der Waals surface area contributed by atoms with Gasteiger partial charge >= 0.3 is 0 Å². The van der Waals surface area contributed by atoms with E-state index in [4.69, 9.17) is 5.73 Å². The van der Waals surface area contributed by atoms with Crippen molar-refractivity contribution in [2.75, 3.05) is 20.1 Å². The number of aliphatic imine (C=N–C) groups is 1. The predicted octanol–water partition coefficient (Wildman–Crippen LogP) is -0.411. The molecule has 1 saturated heterocycles. The standard InChI is InChI=1S/C28H44N8O5/c1-6-19-23(38)35-21(18-11-8-7-9-12-18)25(40)31-16-14-28(4,36-22(37)17(2)3)26(41)34-20(24(39)33-19)13-10-15-32-27(29)30-5/h7-9,11-12,17,19-21H,6,10,13-16H2,1-5H3,(H,31,40)(H,33,39)(H,34,41)(H,35,38)(H,36,37)(H3,29,30,32)/t19?,20-,21?,28+/m0/s1. The number of rotatable bonds is 8. The fraction of sp³-hybridized carbons (Fsp3) is 0.571. The molecule has 0 saturated carbocycles. The number of amides is 5. The van der Waals surface area contributed by atoms with Gasteiger partial charge in [-0.05, 0) is 38.2 Å². The summed E-state index contributed by atoms with van der Waals surface area (Å²) >= 11 is 0. The summed E-state index contributed by atoms with van der Waals surface area (Å²) in [6.07, 6.45) is 0.944. The molecule has 0 aromatic heterocycles. The molecule has 226 valence electrons. The van der Waals surface area contributed by atoms with E-state index in [1.54, 1.807) is 65.1 Å². The molecule has 0 radical (unpaired) electrons. The van der Waals surface area contributed by atoms with Gasteiger partial charge in [-0.25, -0.2) is 0 Å². The second-order valence-electron chi connectivity index (χ2n) is 10.5. The maximum atomic E-state index is 13.6. The molecule has 13 nitrogen and oxygen atoms in total. The molecule has 0 spiro atoms. The van der Waals surface area contributed by atoms with Gasteiger partial charge in [0.2, 0.25) is 29.5 Å². The first kappa shape index (κ1) is 33.0. The number of hydrogen-bond acceptors (Lipinski definition) is 6. The van der Waals surface area contributed by atoms with Gasteiger partial charge in [0.05, 0.1) is 0 Å². The molecule has 2 unspecified atom stereocenters. The van der Waals surface area contributed by atoms with E-state index in [1.807, 2.05) is 0 Å². The molecule has 8 N–H and O–H groups in total. The van der Waals surface area contributed by atoms with Crippen molar-refractivity contribution in [2.24, 2.45) is 16.6 Å². The largest absolute Gasteiger partial charge is 0.370 e. The molecule has 4 atom stereocenters. The van der Waals surface area contributed by atoms with Gasteiger partial charge in [-0.1, -0.05) is 51.1 Å². The number of guanidine groups is 1. The lowest BCUT2D eigenvalue weighted by Gasteiger charge is -2.33. The molecule has 1 aromatic rings. The molecule has 0 aliphatic carbocycles. The Morgan fingerprint density at radius 2 is 1.71 bits per heavy atom. The van der Waals surface area contributed by atoms with Gasteiger partial charge in [0.15, 0.2) is 5.96 Å². The van der Waals surface area contributed by atoms with Gasteiger partial charge in [-0.2, -0.15) is 0 Å². The Balaban J connectivity index is 2.43. The van der Waals surface area contributed by atoms with Crippen LogP contribution < -0.4 is 37.6 Å². The Kier molecular flexibility index (Phi) is 12.6. The summed E-state index contributed by atoms with van der Waals surface area (Å²) in [5.41, 5.74) is 4.80. The minimum atomic E-state index is -1.44. The summed E-state index contributed by atoms with van der Waals surface area (Å²) in [6, 6.07) is 5.72. The van der Waals surface area contributed by atoms with Gasteiger partial charge in [0.1, 0.15) is 23.7 Å². The maximum Gasteiger partial charge on any atom is 0.247 e. The van der Waals surface area contributed by atoms with Crippen LogP contribution in [0.1, 0.15) is 65.0 Å². The van der Waals surface area contributed by atoms with E-state index in [0.29, 0.717) is 18.5 Å². The highest BCUT2D eigenvalue weighted by Crippen LogP contribution is 2.17. The molecular formula is C28H44N8O5. The van der Waals surface area contributed by atoms with Crippen LogP contribution in [0.4, 0.5) is 0 Å². The van der Waals surface area contributed by atoms with E-state index < -0.39 is 53.2 Å². The number of nitrogens with zero attached hydrogens (tertiary/aromatic N) is 1. The summed E-state index contributed by atoms with van der Waals surface area (Å²) in [4.78, 5) is 70.1. The van der Waals surface area contributed by atoms with Crippen molar-refractivity contribution in [3.8, 4) is 0 Å². The third kappa shape index (κ3) is 9.76. The number of carbonyl (C=O) groups is 5. The monoisotopic (exact) mass is 572 g/mol.